The van der Waals surface area contributed by atoms with Crippen LogP contribution in [0.4, 0.5) is 4.39 Å². The average Bonchev–Trinajstić information content (AvgIpc) is 3.15. The number of aromatic nitrogens is 3. The van der Waals surface area contributed by atoms with E-state index in [2.05, 4.69) is 17.1 Å². The van der Waals surface area contributed by atoms with Gasteiger partial charge in [-0.25, -0.2) is 4.39 Å². The fraction of sp³-hybridized carbons (Fsp3) is 0.348. The monoisotopic (exact) mass is 424 g/mol. The first kappa shape index (κ1) is 20.6. The molecule has 0 radical (unpaired) electrons. The summed E-state index contributed by atoms with van der Waals surface area (Å²) in [6.07, 6.45) is 2.25. The van der Waals surface area contributed by atoms with Crippen molar-refractivity contribution in [2.75, 3.05) is 18.8 Å². The van der Waals surface area contributed by atoms with Crippen LogP contribution >= 0.6 is 11.8 Å². The van der Waals surface area contributed by atoms with E-state index < -0.39 is 0 Å². The molecule has 5 nitrogen and oxygen atoms in total. The summed E-state index contributed by atoms with van der Waals surface area (Å²) < 4.78 is 15.4. The second-order valence-corrected chi connectivity index (χ2v) is 8.70. The van der Waals surface area contributed by atoms with E-state index in [0.29, 0.717) is 29.2 Å². The van der Waals surface area contributed by atoms with Gasteiger partial charge in [-0.05, 0) is 48.6 Å². The lowest BCUT2D eigenvalue weighted by Crippen LogP contribution is -2.40. The first-order valence-electron chi connectivity index (χ1n) is 10.2. The van der Waals surface area contributed by atoms with Crippen molar-refractivity contribution >= 4 is 17.7 Å². The predicted octanol–water partition coefficient (Wildman–Crippen LogP) is 4.48. The lowest BCUT2D eigenvalue weighted by Gasteiger charge is -2.30. The van der Waals surface area contributed by atoms with Crippen LogP contribution in [0.3, 0.4) is 0 Å². The van der Waals surface area contributed by atoms with Gasteiger partial charge in [0.1, 0.15) is 5.82 Å². The van der Waals surface area contributed by atoms with Gasteiger partial charge in [-0.15, -0.1) is 10.2 Å². The Labute approximate surface area is 180 Å². The van der Waals surface area contributed by atoms with Gasteiger partial charge < -0.3 is 4.90 Å². The van der Waals surface area contributed by atoms with Crippen LogP contribution in [0.1, 0.15) is 25.3 Å². The number of amides is 1. The van der Waals surface area contributed by atoms with Crippen LogP contribution in [0.5, 0.6) is 0 Å². The van der Waals surface area contributed by atoms with Crippen molar-refractivity contribution in [2.24, 2.45) is 5.92 Å². The van der Waals surface area contributed by atoms with Crippen LogP contribution in [0.2, 0.25) is 0 Å². The summed E-state index contributed by atoms with van der Waals surface area (Å²) >= 11 is 1.41. The number of carbonyl (C=O) groups is 1. The number of likely N-dealkylation sites (tertiary alicyclic amines) is 1. The molecule has 0 aliphatic carbocycles. The highest BCUT2D eigenvalue weighted by atomic mass is 32.2. The second kappa shape index (κ2) is 9.43. The third-order valence-electron chi connectivity index (χ3n) is 5.34. The Morgan fingerprint density at radius 1 is 1.13 bits per heavy atom. The molecule has 1 unspecified atom stereocenters. The molecule has 4 rings (SSSR count). The van der Waals surface area contributed by atoms with Crippen molar-refractivity contribution in [3.8, 4) is 11.4 Å². The van der Waals surface area contributed by atoms with Gasteiger partial charge in [0.25, 0.3) is 0 Å². The molecule has 3 aromatic rings. The molecule has 0 saturated carbocycles. The minimum Gasteiger partial charge on any atom is -0.342 e. The van der Waals surface area contributed by atoms with Crippen LogP contribution < -0.4 is 0 Å². The van der Waals surface area contributed by atoms with Crippen LogP contribution in [0.15, 0.2) is 59.8 Å². The van der Waals surface area contributed by atoms with Gasteiger partial charge in [-0.1, -0.05) is 49.0 Å². The van der Waals surface area contributed by atoms with Crippen molar-refractivity contribution in [2.45, 2.75) is 31.5 Å². The normalized spacial score (nSPS) is 16.6. The molecule has 1 aliphatic rings. The van der Waals surface area contributed by atoms with E-state index in [4.69, 9.17) is 0 Å². The van der Waals surface area contributed by atoms with Gasteiger partial charge in [-0.2, -0.15) is 0 Å². The summed E-state index contributed by atoms with van der Waals surface area (Å²) in [4.78, 5) is 14.7. The molecule has 1 aromatic heterocycles. The molecule has 1 fully saturated rings. The molecule has 30 heavy (non-hydrogen) atoms. The van der Waals surface area contributed by atoms with E-state index in [0.717, 1.165) is 30.6 Å². The van der Waals surface area contributed by atoms with Crippen LogP contribution in [-0.4, -0.2) is 44.4 Å². The molecule has 1 aliphatic heterocycles. The van der Waals surface area contributed by atoms with Gasteiger partial charge in [0.05, 0.1) is 12.3 Å². The number of rotatable bonds is 6. The Balaban J connectivity index is 1.56. The Morgan fingerprint density at radius 3 is 2.63 bits per heavy atom. The fourth-order valence-electron chi connectivity index (χ4n) is 3.75. The van der Waals surface area contributed by atoms with Gasteiger partial charge >= 0.3 is 0 Å². The van der Waals surface area contributed by atoms with E-state index in [1.54, 1.807) is 12.1 Å². The third kappa shape index (κ3) is 4.90. The van der Waals surface area contributed by atoms with E-state index in [-0.39, 0.29) is 11.7 Å². The number of piperidine rings is 1. The maximum atomic E-state index is 13.4. The highest BCUT2D eigenvalue weighted by Crippen LogP contribution is 2.26. The Hall–Kier alpha value is -2.67. The number of hydrogen-bond donors (Lipinski definition) is 0. The molecule has 2 heterocycles. The van der Waals surface area contributed by atoms with Crippen LogP contribution in [0.25, 0.3) is 11.4 Å². The second-order valence-electron chi connectivity index (χ2n) is 7.76. The smallest absolute Gasteiger partial charge is 0.233 e. The number of nitrogens with zero attached hydrogens (tertiary/aromatic N) is 4. The Bertz CT molecular complexity index is 990. The first-order valence-corrected chi connectivity index (χ1v) is 11.2. The molecular formula is C23H25FN4OS. The molecule has 2 aromatic carbocycles. The van der Waals surface area contributed by atoms with Crippen LogP contribution in [-0.2, 0) is 11.3 Å². The number of benzene rings is 2. The summed E-state index contributed by atoms with van der Waals surface area (Å²) in [5.41, 5.74) is 1.90. The van der Waals surface area contributed by atoms with Crippen molar-refractivity contribution in [1.82, 2.24) is 19.7 Å². The van der Waals surface area contributed by atoms with Crippen molar-refractivity contribution in [3.05, 3.63) is 66.0 Å². The molecule has 156 valence electrons. The maximum Gasteiger partial charge on any atom is 0.233 e. The molecule has 0 bridgehead atoms. The summed E-state index contributed by atoms with van der Waals surface area (Å²) in [6.45, 7) is 4.44. The third-order valence-corrected chi connectivity index (χ3v) is 6.29. The van der Waals surface area contributed by atoms with Crippen molar-refractivity contribution < 1.29 is 9.18 Å². The minimum absolute atomic E-state index is 0.143. The van der Waals surface area contributed by atoms with Gasteiger partial charge in [0.2, 0.25) is 5.91 Å². The van der Waals surface area contributed by atoms with E-state index >= 15 is 0 Å². The van der Waals surface area contributed by atoms with Crippen molar-refractivity contribution in [1.29, 1.82) is 0 Å². The van der Waals surface area contributed by atoms with Crippen molar-refractivity contribution in [3.63, 3.8) is 0 Å². The number of carbonyl (C=O) groups excluding carboxylic acids is 1. The zero-order valence-electron chi connectivity index (χ0n) is 17.0. The van der Waals surface area contributed by atoms with Crippen LogP contribution in [0, 0.1) is 11.7 Å². The first-order chi connectivity index (χ1) is 14.6. The van der Waals surface area contributed by atoms with Gasteiger partial charge in [0.15, 0.2) is 11.0 Å². The highest BCUT2D eigenvalue weighted by Gasteiger charge is 2.22. The molecule has 1 amide bonds. The summed E-state index contributed by atoms with van der Waals surface area (Å²) in [5.74, 6) is 1.41. The quantitative estimate of drug-likeness (QED) is 0.548. The summed E-state index contributed by atoms with van der Waals surface area (Å²) in [5, 5.41) is 9.41. The molecule has 7 heteroatoms. The van der Waals surface area contributed by atoms with E-state index in [1.165, 1.54) is 30.3 Å². The number of halogens is 1. The summed E-state index contributed by atoms with van der Waals surface area (Å²) in [7, 11) is 0. The SMILES string of the molecule is CC1CCCN(C(=O)CSc2nnc(-c3ccc(F)cc3)n2Cc2ccccc2)C1. The van der Waals surface area contributed by atoms with E-state index in [9.17, 15) is 9.18 Å². The average molecular weight is 425 g/mol. The number of hydrogen-bond acceptors (Lipinski definition) is 4. The lowest BCUT2D eigenvalue weighted by atomic mass is 10.0. The molecule has 1 saturated heterocycles. The molecule has 1 atom stereocenters. The number of thioether (sulfide) groups is 1. The van der Waals surface area contributed by atoms with Gasteiger partial charge in [0, 0.05) is 18.7 Å². The predicted molar refractivity (Wildman–Crippen MR) is 117 cm³/mol. The largest absolute Gasteiger partial charge is 0.342 e. The minimum atomic E-state index is -0.288. The molecule has 0 spiro atoms. The van der Waals surface area contributed by atoms with E-state index in [1.807, 2.05) is 39.8 Å². The lowest BCUT2D eigenvalue weighted by molar-refractivity contribution is -0.130. The standard InChI is InChI=1S/C23H25FN4OS/c1-17-6-5-13-27(14-17)21(29)16-30-23-26-25-22(19-9-11-20(24)12-10-19)28(23)15-18-7-3-2-4-8-18/h2-4,7-12,17H,5-6,13-16H2,1H3. The molecule has 0 N–H and O–H groups in total. The van der Waals surface area contributed by atoms with Gasteiger partial charge in [-0.3, -0.25) is 9.36 Å². The zero-order valence-corrected chi connectivity index (χ0v) is 17.8. The Morgan fingerprint density at radius 2 is 1.90 bits per heavy atom. The molecular weight excluding hydrogens is 399 g/mol. The topological polar surface area (TPSA) is 51.0 Å². The maximum absolute atomic E-state index is 13.4. The Kier molecular flexibility index (Phi) is 6.47. The zero-order chi connectivity index (χ0) is 20.9. The summed E-state index contributed by atoms with van der Waals surface area (Å²) in [6, 6.07) is 16.3. The fourth-order valence-corrected chi connectivity index (χ4v) is 4.59. The highest BCUT2D eigenvalue weighted by molar-refractivity contribution is 7.99.